The first-order valence-electron chi connectivity index (χ1n) is 8.79. The summed E-state index contributed by atoms with van der Waals surface area (Å²) in [7, 11) is -2.38. The Hall–Kier alpha value is -2.91. The molecule has 0 fully saturated rings. The van der Waals surface area contributed by atoms with Crippen LogP contribution in [0.15, 0.2) is 82.6 Å². The standard InChI is InChI=1S/C21H18F2N2O3S2/c1-25(17-7-3-2-4-8-17)30(27,28)18-9-5-6-16(13-18)24-21(26)14-29-20-11-10-15(22)12-19(20)23/h2-13H,14H2,1H3,(H,24,26). The number of anilines is 2. The number of thioether (sulfide) groups is 1. The number of amides is 1. The van der Waals surface area contributed by atoms with Crippen LogP contribution in [-0.4, -0.2) is 27.1 Å². The summed E-state index contributed by atoms with van der Waals surface area (Å²) in [4.78, 5) is 12.4. The number of carbonyl (C=O) groups excluding carboxylic acids is 1. The molecule has 0 aliphatic heterocycles. The van der Waals surface area contributed by atoms with E-state index in [-0.39, 0.29) is 15.5 Å². The molecular weight excluding hydrogens is 430 g/mol. The van der Waals surface area contributed by atoms with Gasteiger partial charge in [-0.3, -0.25) is 9.10 Å². The number of nitrogens with one attached hydrogen (secondary N) is 1. The summed E-state index contributed by atoms with van der Waals surface area (Å²) < 4.78 is 53.5. The number of sulfonamides is 1. The zero-order chi connectivity index (χ0) is 21.7. The van der Waals surface area contributed by atoms with E-state index in [1.54, 1.807) is 36.4 Å². The zero-order valence-electron chi connectivity index (χ0n) is 15.9. The van der Waals surface area contributed by atoms with E-state index in [9.17, 15) is 22.0 Å². The molecule has 3 aromatic rings. The Kier molecular flexibility index (Phi) is 6.73. The highest BCUT2D eigenvalue weighted by atomic mass is 32.2. The number of hydrogen-bond acceptors (Lipinski definition) is 4. The SMILES string of the molecule is CN(c1ccccc1)S(=O)(=O)c1cccc(NC(=O)CSc2ccc(F)cc2F)c1. The highest BCUT2D eigenvalue weighted by Crippen LogP contribution is 2.25. The largest absolute Gasteiger partial charge is 0.325 e. The second kappa shape index (κ2) is 9.27. The van der Waals surface area contributed by atoms with E-state index in [0.29, 0.717) is 11.4 Å². The van der Waals surface area contributed by atoms with Crippen LogP contribution in [0.5, 0.6) is 0 Å². The molecule has 0 aliphatic rings. The van der Waals surface area contributed by atoms with Crippen molar-refractivity contribution >= 4 is 39.1 Å². The van der Waals surface area contributed by atoms with Crippen LogP contribution in [0.25, 0.3) is 0 Å². The summed E-state index contributed by atoms with van der Waals surface area (Å²) in [5.74, 6) is -2.01. The maximum Gasteiger partial charge on any atom is 0.264 e. The van der Waals surface area contributed by atoms with Gasteiger partial charge in [0.1, 0.15) is 11.6 Å². The molecule has 0 unspecified atom stereocenters. The molecule has 0 aromatic heterocycles. The lowest BCUT2D eigenvalue weighted by atomic mass is 10.3. The first-order chi connectivity index (χ1) is 14.3. The van der Waals surface area contributed by atoms with Gasteiger partial charge in [-0.2, -0.15) is 0 Å². The van der Waals surface area contributed by atoms with Crippen molar-refractivity contribution in [2.75, 3.05) is 22.4 Å². The molecule has 0 saturated heterocycles. The molecule has 1 amide bonds. The van der Waals surface area contributed by atoms with Gasteiger partial charge in [0.25, 0.3) is 10.0 Å². The van der Waals surface area contributed by atoms with Crippen LogP contribution in [0.1, 0.15) is 0 Å². The molecule has 3 aromatic carbocycles. The van der Waals surface area contributed by atoms with Gasteiger partial charge in [0.05, 0.1) is 16.3 Å². The smallest absolute Gasteiger partial charge is 0.264 e. The van der Waals surface area contributed by atoms with E-state index < -0.39 is 27.6 Å². The lowest BCUT2D eigenvalue weighted by Crippen LogP contribution is -2.26. The zero-order valence-corrected chi connectivity index (χ0v) is 17.5. The van der Waals surface area contributed by atoms with Gasteiger partial charge in [-0.25, -0.2) is 17.2 Å². The summed E-state index contributed by atoms with van der Waals surface area (Å²) in [5.41, 5.74) is 0.798. The number of para-hydroxylation sites is 1. The van der Waals surface area contributed by atoms with Crippen LogP contribution >= 0.6 is 11.8 Å². The molecular formula is C21H18F2N2O3S2. The highest BCUT2D eigenvalue weighted by molar-refractivity contribution is 8.00. The fourth-order valence-electron chi connectivity index (χ4n) is 2.60. The van der Waals surface area contributed by atoms with Crippen molar-refractivity contribution in [3.63, 3.8) is 0 Å². The van der Waals surface area contributed by atoms with E-state index in [0.717, 1.165) is 28.2 Å². The van der Waals surface area contributed by atoms with Crippen molar-refractivity contribution in [3.05, 3.63) is 84.4 Å². The van der Waals surface area contributed by atoms with Gasteiger partial charge in [0.15, 0.2) is 0 Å². The first-order valence-corrected chi connectivity index (χ1v) is 11.2. The van der Waals surface area contributed by atoms with E-state index in [4.69, 9.17) is 0 Å². The third-order valence-corrected chi connectivity index (χ3v) is 6.98. The number of benzene rings is 3. The van der Waals surface area contributed by atoms with E-state index in [1.807, 2.05) is 0 Å². The predicted molar refractivity (Wildman–Crippen MR) is 114 cm³/mol. The van der Waals surface area contributed by atoms with Crippen molar-refractivity contribution in [2.24, 2.45) is 0 Å². The van der Waals surface area contributed by atoms with Crippen molar-refractivity contribution in [3.8, 4) is 0 Å². The van der Waals surface area contributed by atoms with Gasteiger partial charge in [0.2, 0.25) is 5.91 Å². The first kappa shape index (κ1) is 21.8. The van der Waals surface area contributed by atoms with Crippen LogP contribution in [0.4, 0.5) is 20.2 Å². The third-order valence-electron chi connectivity index (χ3n) is 4.15. The Morgan fingerprint density at radius 2 is 1.73 bits per heavy atom. The normalized spacial score (nSPS) is 11.2. The minimum atomic E-state index is -3.82. The third kappa shape index (κ3) is 5.17. The van der Waals surface area contributed by atoms with Gasteiger partial charge in [0, 0.05) is 23.7 Å². The minimum Gasteiger partial charge on any atom is -0.325 e. The summed E-state index contributed by atoms with van der Waals surface area (Å²) in [6.07, 6.45) is 0. The number of hydrogen-bond donors (Lipinski definition) is 1. The number of carbonyl (C=O) groups is 1. The van der Waals surface area contributed by atoms with Gasteiger partial charge >= 0.3 is 0 Å². The Labute approximate surface area is 177 Å². The Balaban J connectivity index is 1.69. The molecule has 0 radical (unpaired) electrons. The molecule has 1 N–H and O–H groups in total. The molecule has 30 heavy (non-hydrogen) atoms. The molecule has 0 heterocycles. The molecule has 3 rings (SSSR count). The second-order valence-electron chi connectivity index (χ2n) is 6.25. The summed E-state index contributed by atoms with van der Waals surface area (Å²) in [6, 6.07) is 17.6. The van der Waals surface area contributed by atoms with Crippen LogP contribution < -0.4 is 9.62 Å². The van der Waals surface area contributed by atoms with E-state index >= 15 is 0 Å². The molecule has 156 valence electrons. The quantitative estimate of drug-likeness (QED) is 0.540. The number of nitrogens with zero attached hydrogens (tertiary/aromatic N) is 1. The van der Waals surface area contributed by atoms with Crippen LogP contribution in [-0.2, 0) is 14.8 Å². The molecule has 0 spiro atoms. The van der Waals surface area contributed by atoms with Gasteiger partial charge in [-0.1, -0.05) is 24.3 Å². The van der Waals surface area contributed by atoms with Crippen molar-refractivity contribution in [2.45, 2.75) is 9.79 Å². The molecule has 0 aliphatic carbocycles. The fourth-order valence-corrected chi connectivity index (χ4v) is 4.56. The van der Waals surface area contributed by atoms with Crippen LogP contribution in [0.2, 0.25) is 0 Å². The fraction of sp³-hybridized carbons (Fsp3) is 0.0952. The number of halogens is 2. The van der Waals surface area contributed by atoms with E-state index in [2.05, 4.69) is 5.32 Å². The van der Waals surface area contributed by atoms with Crippen LogP contribution in [0, 0.1) is 11.6 Å². The lowest BCUT2D eigenvalue weighted by Gasteiger charge is -2.19. The van der Waals surface area contributed by atoms with Crippen molar-refractivity contribution in [1.29, 1.82) is 0 Å². The highest BCUT2D eigenvalue weighted by Gasteiger charge is 2.21. The van der Waals surface area contributed by atoms with E-state index in [1.165, 1.54) is 31.3 Å². The monoisotopic (exact) mass is 448 g/mol. The molecule has 9 heteroatoms. The summed E-state index contributed by atoms with van der Waals surface area (Å²) in [5, 5.41) is 2.59. The summed E-state index contributed by atoms with van der Waals surface area (Å²) in [6.45, 7) is 0. The Morgan fingerprint density at radius 1 is 1.00 bits per heavy atom. The number of rotatable bonds is 7. The molecule has 5 nitrogen and oxygen atoms in total. The van der Waals surface area contributed by atoms with Crippen molar-refractivity contribution in [1.82, 2.24) is 0 Å². The minimum absolute atomic E-state index is 0.0175. The van der Waals surface area contributed by atoms with Gasteiger partial charge in [-0.05, 0) is 42.5 Å². The lowest BCUT2D eigenvalue weighted by molar-refractivity contribution is -0.113. The predicted octanol–water partition coefficient (Wildman–Crippen LogP) is 4.52. The average molecular weight is 449 g/mol. The van der Waals surface area contributed by atoms with Gasteiger partial charge in [-0.15, -0.1) is 11.8 Å². The Bertz CT molecular complexity index is 1160. The summed E-state index contributed by atoms with van der Waals surface area (Å²) >= 11 is 0.915. The maximum absolute atomic E-state index is 13.7. The Morgan fingerprint density at radius 3 is 2.43 bits per heavy atom. The van der Waals surface area contributed by atoms with Crippen LogP contribution in [0.3, 0.4) is 0 Å². The van der Waals surface area contributed by atoms with Crippen molar-refractivity contribution < 1.29 is 22.0 Å². The molecule has 0 saturated carbocycles. The molecule has 0 atom stereocenters. The topological polar surface area (TPSA) is 66.5 Å². The molecule has 0 bridgehead atoms. The van der Waals surface area contributed by atoms with Gasteiger partial charge < -0.3 is 5.32 Å². The average Bonchev–Trinajstić information content (AvgIpc) is 2.73. The maximum atomic E-state index is 13.7. The second-order valence-corrected chi connectivity index (χ2v) is 9.23.